The average molecular weight is 455 g/mol. The van der Waals surface area contributed by atoms with E-state index in [4.69, 9.17) is 9.47 Å². The van der Waals surface area contributed by atoms with Crippen LogP contribution in [0.3, 0.4) is 0 Å². The molecule has 9 nitrogen and oxygen atoms in total. The quantitative estimate of drug-likeness (QED) is 0.603. The standard InChI is InChI=1S/C20H27FN4O5S/c1-29-11-10-24-20(26)25(16-6-7-16)19(22-24)14-4-3-9-23(13-14)31(27,28)18-12-15(21)5-8-17(18)30-2/h5,8,12,14,16H,3-4,6-7,9-11,13H2,1-2H3. The third kappa shape index (κ3) is 4.26. The lowest BCUT2D eigenvalue weighted by Crippen LogP contribution is -2.40. The first-order valence-electron chi connectivity index (χ1n) is 10.4. The van der Waals surface area contributed by atoms with Gasteiger partial charge in [-0.3, -0.25) is 4.57 Å². The Hall–Kier alpha value is -2.24. The van der Waals surface area contributed by atoms with Crippen LogP contribution >= 0.6 is 0 Å². The molecule has 2 fully saturated rings. The van der Waals surface area contributed by atoms with E-state index in [1.54, 1.807) is 11.7 Å². The summed E-state index contributed by atoms with van der Waals surface area (Å²) < 4.78 is 55.1. The van der Waals surface area contributed by atoms with Crippen LogP contribution in [-0.4, -0.2) is 61.0 Å². The Labute approximate surface area is 180 Å². The van der Waals surface area contributed by atoms with Crippen LogP contribution in [0, 0.1) is 5.82 Å². The van der Waals surface area contributed by atoms with Gasteiger partial charge in [0.05, 0.1) is 20.3 Å². The lowest BCUT2D eigenvalue weighted by molar-refractivity contribution is 0.182. The highest BCUT2D eigenvalue weighted by Crippen LogP contribution is 2.38. The zero-order chi connectivity index (χ0) is 22.2. The van der Waals surface area contributed by atoms with Crippen LogP contribution in [0.4, 0.5) is 4.39 Å². The molecule has 1 unspecified atom stereocenters. The molecule has 2 aromatic rings. The fraction of sp³-hybridized carbons (Fsp3) is 0.600. The summed E-state index contributed by atoms with van der Waals surface area (Å²) in [5, 5.41) is 4.55. The second-order valence-electron chi connectivity index (χ2n) is 7.96. The van der Waals surface area contributed by atoms with E-state index in [0.717, 1.165) is 31.4 Å². The summed E-state index contributed by atoms with van der Waals surface area (Å²) in [7, 11) is -1.06. The smallest absolute Gasteiger partial charge is 0.346 e. The molecule has 31 heavy (non-hydrogen) atoms. The van der Waals surface area contributed by atoms with Crippen molar-refractivity contribution in [2.24, 2.45) is 0 Å². The average Bonchev–Trinajstić information content (AvgIpc) is 3.55. The van der Waals surface area contributed by atoms with Crippen molar-refractivity contribution >= 4 is 10.0 Å². The van der Waals surface area contributed by atoms with Gasteiger partial charge < -0.3 is 9.47 Å². The van der Waals surface area contributed by atoms with Gasteiger partial charge in [0.2, 0.25) is 10.0 Å². The number of benzene rings is 1. The van der Waals surface area contributed by atoms with Crippen LogP contribution in [0.15, 0.2) is 27.9 Å². The van der Waals surface area contributed by atoms with E-state index in [9.17, 15) is 17.6 Å². The maximum atomic E-state index is 13.8. The summed E-state index contributed by atoms with van der Waals surface area (Å²) in [6, 6.07) is 3.58. The van der Waals surface area contributed by atoms with Crippen molar-refractivity contribution in [2.75, 3.05) is 33.9 Å². The summed E-state index contributed by atoms with van der Waals surface area (Å²) in [4.78, 5) is 12.7. The first-order valence-corrected chi connectivity index (χ1v) is 11.8. The van der Waals surface area contributed by atoms with Crippen molar-refractivity contribution in [1.29, 1.82) is 0 Å². The fourth-order valence-electron chi connectivity index (χ4n) is 4.08. The molecule has 2 aliphatic rings. The van der Waals surface area contributed by atoms with E-state index in [1.807, 2.05) is 0 Å². The predicted octanol–water partition coefficient (Wildman–Crippen LogP) is 1.74. The van der Waals surface area contributed by atoms with Crippen molar-refractivity contribution in [3.8, 4) is 5.75 Å². The monoisotopic (exact) mass is 454 g/mol. The summed E-state index contributed by atoms with van der Waals surface area (Å²) >= 11 is 0. The van der Waals surface area contributed by atoms with Gasteiger partial charge in [-0.1, -0.05) is 0 Å². The first kappa shape index (κ1) is 22.0. The Morgan fingerprint density at radius 1 is 1.23 bits per heavy atom. The van der Waals surface area contributed by atoms with Gasteiger partial charge in [0, 0.05) is 32.2 Å². The van der Waals surface area contributed by atoms with Crippen LogP contribution in [-0.2, 0) is 21.3 Å². The molecule has 1 aromatic heterocycles. The van der Waals surface area contributed by atoms with Gasteiger partial charge in [0.25, 0.3) is 0 Å². The Morgan fingerprint density at radius 3 is 2.68 bits per heavy atom. The molecule has 0 spiro atoms. The van der Waals surface area contributed by atoms with E-state index in [1.165, 1.54) is 22.2 Å². The molecule has 0 amide bonds. The molecule has 1 aromatic carbocycles. The minimum absolute atomic E-state index is 0.0993. The lowest BCUT2D eigenvalue weighted by atomic mass is 9.99. The van der Waals surface area contributed by atoms with E-state index >= 15 is 0 Å². The van der Waals surface area contributed by atoms with Gasteiger partial charge in [-0.05, 0) is 43.9 Å². The molecule has 1 aliphatic heterocycles. The summed E-state index contributed by atoms with van der Waals surface area (Å²) in [6.45, 7) is 1.20. The minimum atomic E-state index is -3.98. The maximum Gasteiger partial charge on any atom is 0.346 e. The van der Waals surface area contributed by atoms with E-state index < -0.39 is 15.8 Å². The SMILES string of the molecule is COCCn1nc(C2CCCN(S(=O)(=O)c3cc(F)ccc3OC)C2)n(C2CC2)c1=O. The minimum Gasteiger partial charge on any atom is -0.495 e. The number of nitrogens with zero attached hydrogens (tertiary/aromatic N) is 4. The molecule has 4 rings (SSSR count). The van der Waals surface area contributed by atoms with Crippen LogP contribution in [0.25, 0.3) is 0 Å². The summed E-state index contributed by atoms with van der Waals surface area (Å²) in [5.74, 6) is -0.149. The number of aromatic nitrogens is 3. The highest BCUT2D eigenvalue weighted by molar-refractivity contribution is 7.89. The summed E-state index contributed by atoms with van der Waals surface area (Å²) in [6.07, 6.45) is 3.17. The van der Waals surface area contributed by atoms with Crippen LogP contribution in [0.5, 0.6) is 5.75 Å². The lowest BCUT2D eigenvalue weighted by Gasteiger charge is -2.31. The van der Waals surface area contributed by atoms with Gasteiger partial charge >= 0.3 is 5.69 Å². The van der Waals surface area contributed by atoms with Gasteiger partial charge in [0.15, 0.2) is 0 Å². The van der Waals surface area contributed by atoms with Gasteiger partial charge in [0.1, 0.15) is 22.3 Å². The zero-order valence-electron chi connectivity index (χ0n) is 17.7. The van der Waals surface area contributed by atoms with Gasteiger partial charge in [-0.25, -0.2) is 22.3 Å². The number of halogens is 1. The van der Waals surface area contributed by atoms with Crippen LogP contribution < -0.4 is 10.4 Å². The second kappa shape index (κ2) is 8.71. The second-order valence-corrected chi connectivity index (χ2v) is 9.86. The number of ether oxygens (including phenoxy) is 2. The molecule has 0 bridgehead atoms. The molecule has 11 heteroatoms. The predicted molar refractivity (Wildman–Crippen MR) is 110 cm³/mol. The first-order chi connectivity index (χ1) is 14.9. The number of piperidine rings is 1. The third-order valence-corrected chi connectivity index (χ3v) is 7.70. The van der Waals surface area contributed by atoms with Gasteiger partial charge in [-0.15, -0.1) is 0 Å². The number of hydrogen-bond donors (Lipinski definition) is 0. The topological polar surface area (TPSA) is 95.7 Å². The van der Waals surface area contributed by atoms with E-state index in [0.29, 0.717) is 31.9 Å². The molecule has 0 radical (unpaired) electrons. The highest BCUT2D eigenvalue weighted by atomic mass is 32.2. The van der Waals surface area contributed by atoms with Crippen molar-refractivity contribution in [1.82, 2.24) is 18.7 Å². The third-order valence-electron chi connectivity index (χ3n) is 5.81. The maximum absolute atomic E-state index is 13.8. The number of hydrogen-bond acceptors (Lipinski definition) is 6. The number of rotatable bonds is 8. The van der Waals surface area contributed by atoms with Crippen LogP contribution in [0.1, 0.15) is 43.5 Å². The number of sulfonamides is 1. The zero-order valence-corrected chi connectivity index (χ0v) is 18.5. The van der Waals surface area contributed by atoms with Crippen molar-refractivity contribution in [3.05, 3.63) is 40.3 Å². The fourth-order valence-corrected chi connectivity index (χ4v) is 5.77. The Morgan fingerprint density at radius 2 is 2.00 bits per heavy atom. The molecule has 1 saturated heterocycles. The molecule has 1 saturated carbocycles. The van der Waals surface area contributed by atoms with E-state index in [-0.39, 0.29) is 34.8 Å². The Kier molecular flexibility index (Phi) is 6.18. The molecule has 170 valence electrons. The van der Waals surface area contributed by atoms with Crippen molar-refractivity contribution in [2.45, 2.75) is 49.1 Å². The Balaban J connectivity index is 1.65. The van der Waals surface area contributed by atoms with E-state index in [2.05, 4.69) is 5.10 Å². The Bertz CT molecular complexity index is 1110. The van der Waals surface area contributed by atoms with Crippen molar-refractivity contribution < 1.29 is 22.3 Å². The van der Waals surface area contributed by atoms with Crippen molar-refractivity contribution in [3.63, 3.8) is 0 Å². The molecule has 1 aliphatic carbocycles. The largest absolute Gasteiger partial charge is 0.495 e. The highest BCUT2D eigenvalue weighted by Gasteiger charge is 2.38. The molecule has 2 heterocycles. The van der Waals surface area contributed by atoms with Crippen LogP contribution in [0.2, 0.25) is 0 Å². The van der Waals surface area contributed by atoms with Gasteiger partial charge in [-0.2, -0.15) is 9.40 Å². The molecule has 1 atom stereocenters. The molecular formula is C20H27FN4O5S. The summed E-state index contributed by atoms with van der Waals surface area (Å²) in [5.41, 5.74) is -0.179. The molecule has 0 N–H and O–H groups in total. The normalized spacial score (nSPS) is 20.2. The molecular weight excluding hydrogens is 427 g/mol. The number of methoxy groups -OCH3 is 2.